The number of piperidine rings is 1. The van der Waals surface area contributed by atoms with Crippen molar-refractivity contribution in [1.82, 2.24) is 20.0 Å². The third kappa shape index (κ3) is 3.53. The Labute approximate surface area is 157 Å². The second-order valence-electron chi connectivity index (χ2n) is 6.44. The van der Waals surface area contributed by atoms with E-state index in [2.05, 4.69) is 15.1 Å². The lowest BCUT2D eigenvalue weighted by Crippen LogP contribution is -2.38. The van der Waals surface area contributed by atoms with Crippen LogP contribution >= 0.6 is 0 Å². The van der Waals surface area contributed by atoms with E-state index in [0.29, 0.717) is 41.8 Å². The van der Waals surface area contributed by atoms with Gasteiger partial charge in [-0.25, -0.2) is 0 Å². The molecule has 1 fully saturated rings. The molecular formula is C20H20N4O3. The standard InChI is InChI=1S/C20H20N4O3/c1-26-17-8-3-2-6-15(17)20(25)24-12-9-14(10-13-24)18-22-19(27-23-18)16-7-4-5-11-21-16/h2-8,11,14H,9-10,12-13H2,1H3. The SMILES string of the molecule is COc1ccccc1C(=O)N1CCC(c2noc(-c3ccccn3)n2)CC1. The van der Waals surface area contributed by atoms with Crippen LogP contribution in [-0.4, -0.2) is 46.1 Å². The number of amides is 1. The Bertz CT molecular complexity index is 918. The molecule has 0 radical (unpaired) electrons. The number of pyridine rings is 1. The van der Waals surface area contributed by atoms with Crippen molar-refractivity contribution >= 4 is 5.91 Å². The Balaban J connectivity index is 1.42. The number of para-hydroxylation sites is 1. The van der Waals surface area contributed by atoms with Gasteiger partial charge in [0.2, 0.25) is 0 Å². The van der Waals surface area contributed by atoms with Crippen molar-refractivity contribution in [2.45, 2.75) is 18.8 Å². The number of rotatable bonds is 4. The highest BCUT2D eigenvalue weighted by molar-refractivity contribution is 5.97. The summed E-state index contributed by atoms with van der Waals surface area (Å²) in [5, 5.41) is 4.12. The molecule has 1 aromatic carbocycles. The number of carbonyl (C=O) groups excluding carboxylic acids is 1. The molecule has 1 saturated heterocycles. The number of carbonyl (C=O) groups is 1. The maximum atomic E-state index is 12.8. The number of hydrogen-bond acceptors (Lipinski definition) is 6. The number of nitrogens with zero attached hydrogens (tertiary/aromatic N) is 4. The summed E-state index contributed by atoms with van der Waals surface area (Å²) in [6.07, 6.45) is 3.28. The Hall–Kier alpha value is -3.22. The van der Waals surface area contributed by atoms with Gasteiger partial charge in [-0.1, -0.05) is 23.4 Å². The highest BCUT2D eigenvalue weighted by atomic mass is 16.5. The molecule has 1 aliphatic heterocycles. The molecule has 0 unspecified atom stereocenters. The first-order valence-electron chi connectivity index (χ1n) is 8.93. The molecule has 0 spiro atoms. The van der Waals surface area contributed by atoms with E-state index in [0.717, 1.165) is 12.8 Å². The van der Waals surface area contributed by atoms with Gasteiger partial charge in [-0.2, -0.15) is 4.98 Å². The molecule has 0 bridgehead atoms. The fourth-order valence-corrected chi connectivity index (χ4v) is 3.33. The predicted molar refractivity (Wildman–Crippen MR) is 98.4 cm³/mol. The average Bonchev–Trinajstić information content (AvgIpc) is 3.24. The van der Waals surface area contributed by atoms with Gasteiger partial charge in [0.1, 0.15) is 11.4 Å². The molecule has 138 valence electrons. The molecule has 0 atom stereocenters. The first-order chi connectivity index (χ1) is 13.3. The summed E-state index contributed by atoms with van der Waals surface area (Å²) in [7, 11) is 1.58. The molecule has 1 amide bonds. The number of likely N-dealkylation sites (tertiary alicyclic amines) is 1. The fraction of sp³-hybridized carbons (Fsp3) is 0.300. The van der Waals surface area contributed by atoms with Gasteiger partial charge in [-0.3, -0.25) is 9.78 Å². The van der Waals surface area contributed by atoms with E-state index in [1.54, 1.807) is 25.4 Å². The summed E-state index contributed by atoms with van der Waals surface area (Å²) in [5.74, 6) is 1.88. The molecule has 0 N–H and O–H groups in total. The van der Waals surface area contributed by atoms with Crippen molar-refractivity contribution in [2.75, 3.05) is 20.2 Å². The van der Waals surface area contributed by atoms with E-state index < -0.39 is 0 Å². The molecule has 0 aliphatic carbocycles. The second-order valence-corrected chi connectivity index (χ2v) is 6.44. The zero-order valence-electron chi connectivity index (χ0n) is 15.0. The highest BCUT2D eigenvalue weighted by Gasteiger charge is 2.28. The van der Waals surface area contributed by atoms with Crippen LogP contribution in [0.2, 0.25) is 0 Å². The number of ether oxygens (including phenoxy) is 1. The third-order valence-electron chi connectivity index (χ3n) is 4.81. The lowest BCUT2D eigenvalue weighted by molar-refractivity contribution is 0.0707. The molecule has 3 aromatic rings. The normalized spacial score (nSPS) is 14.9. The van der Waals surface area contributed by atoms with E-state index in [1.165, 1.54) is 0 Å². The smallest absolute Gasteiger partial charge is 0.276 e. The Morgan fingerprint density at radius 1 is 1.15 bits per heavy atom. The third-order valence-corrected chi connectivity index (χ3v) is 4.81. The van der Waals surface area contributed by atoms with E-state index in [1.807, 2.05) is 35.2 Å². The summed E-state index contributed by atoms with van der Waals surface area (Å²) >= 11 is 0. The molecule has 7 heteroatoms. The molecule has 27 heavy (non-hydrogen) atoms. The van der Waals surface area contributed by atoms with Crippen LogP contribution < -0.4 is 4.74 Å². The zero-order valence-corrected chi connectivity index (χ0v) is 15.0. The summed E-state index contributed by atoms with van der Waals surface area (Å²) in [6.45, 7) is 1.30. The molecule has 2 aromatic heterocycles. The predicted octanol–water partition coefficient (Wildman–Crippen LogP) is 3.16. The van der Waals surface area contributed by atoms with Gasteiger partial charge in [0.05, 0.1) is 12.7 Å². The Kier molecular flexibility index (Phi) is 4.82. The lowest BCUT2D eigenvalue weighted by Gasteiger charge is -2.31. The van der Waals surface area contributed by atoms with E-state index in [-0.39, 0.29) is 11.8 Å². The summed E-state index contributed by atoms with van der Waals surface area (Å²) in [5.41, 5.74) is 1.26. The maximum Gasteiger partial charge on any atom is 0.276 e. The molecule has 7 nitrogen and oxygen atoms in total. The van der Waals surface area contributed by atoms with Crippen LogP contribution in [0.3, 0.4) is 0 Å². The number of methoxy groups -OCH3 is 1. The van der Waals surface area contributed by atoms with Crippen molar-refractivity contribution in [3.05, 3.63) is 60.0 Å². The van der Waals surface area contributed by atoms with Crippen molar-refractivity contribution in [3.8, 4) is 17.3 Å². The van der Waals surface area contributed by atoms with Gasteiger partial charge in [0, 0.05) is 25.2 Å². The van der Waals surface area contributed by atoms with Crippen molar-refractivity contribution in [1.29, 1.82) is 0 Å². The monoisotopic (exact) mass is 364 g/mol. The molecule has 3 heterocycles. The van der Waals surface area contributed by atoms with Crippen LogP contribution in [0, 0.1) is 0 Å². The van der Waals surface area contributed by atoms with Gasteiger partial charge in [-0.15, -0.1) is 0 Å². The molecule has 0 saturated carbocycles. The Morgan fingerprint density at radius 2 is 1.93 bits per heavy atom. The second kappa shape index (κ2) is 7.57. The van der Waals surface area contributed by atoms with Gasteiger partial charge >= 0.3 is 0 Å². The summed E-state index contributed by atoms with van der Waals surface area (Å²) in [6, 6.07) is 12.9. The summed E-state index contributed by atoms with van der Waals surface area (Å²) < 4.78 is 10.7. The minimum atomic E-state index is -0.00631. The van der Waals surface area contributed by atoms with E-state index in [9.17, 15) is 4.79 Å². The maximum absolute atomic E-state index is 12.8. The van der Waals surface area contributed by atoms with Crippen LogP contribution in [0.15, 0.2) is 53.2 Å². The van der Waals surface area contributed by atoms with E-state index >= 15 is 0 Å². The number of aromatic nitrogens is 3. The van der Waals surface area contributed by atoms with Crippen LogP contribution in [-0.2, 0) is 0 Å². The van der Waals surface area contributed by atoms with Crippen LogP contribution in [0.1, 0.15) is 34.9 Å². The largest absolute Gasteiger partial charge is 0.496 e. The first kappa shape index (κ1) is 17.2. The minimum Gasteiger partial charge on any atom is -0.496 e. The van der Waals surface area contributed by atoms with Crippen LogP contribution in [0.5, 0.6) is 5.75 Å². The van der Waals surface area contributed by atoms with Gasteiger partial charge in [-0.05, 0) is 37.1 Å². The lowest BCUT2D eigenvalue weighted by atomic mass is 9.95. The average molecular weight is 364 g/mol. The van der Waals surface area contributed by atoms with Crippen LogP contribution in [0.4, 0.5) is 0 Å². The first-order valence-corrected chi connectivity index (χ1v) is 8.93. The van der Waals surface area contributed by atoms with Crippen molar-refractivity contribution < 1.29 is 14.1 Å². The van der Waals surface area contributed by atoms with Crippen molar-refractivity contribution in [3.63, 3.8) is 0 Å². The number of benzene rings is 1. The highest BCUT2D eigenvalue weighted by Crippen LogP contribution is 2.29. The quantitative estimate of drug-likeness (QED) is 0.707. The topological polar surface area (TPSA) is 81.4 Å². The summed E-state index contributed by atoms with van der Waals surface area (Å²) in [4.78, 5) is 23.4. The van der Waals surface area contributed by atoms with Gasteiger partial charge < -0.3 is 14.2 Å². The van der Waals surface area contributed by atoms with Crippen molar-refractivity contribution in [2.24, 2.45) is 0 Å². The number of hydrogen-bond donors (Lipinski definition) is 0. The minimum absolute atomic E-state index is 0.00631. The zero-order chi connectivity index (χ0) is 18.6. The van der Waals surface area contributed by atoms with Gasteiger partial charge in [0.15, 0.2) is 5.82 Å². The van der Waals surface area contributed by atoms with E-state index in [4.69, 9.17) is 9.26 Å². The van der Waals surface area contributed by atoms with Crippen LogP contribution in [0.25, 0.3) is 11.6 Å². The molecule has 4 rings (SSSR count). The molecule has 1 aliphatic rings. The Morgan fingerprint density at radius 3 is 2.67 bits per heavy atom. The van der Waals surface area contributed by atoms with Gasteiger partial charge in [0.25, 0.3) is 11.8 Å². The fourth-order valence-electron chi connectivity index (χ4n) is 3.33. The molecular weight excluding hydrogens is 344 g/mol.